The van der Waals surface area contributed by atoms with Crippen molar-refractivity contribution in [3.05, 3.63) is 52.4 Å². The topological polar surface area (TPSA) is 125 Å². The summed E-state index contributed by atoms with van der Waals surface area (Å²) < 4.78 is 10.7. The summed E-state index contributed by atoms with van der Waals surface area (Å²) in [5.41, 5.74) is 0.501. The first-order valence-electron chi connectivity index (χ1n) is 9.07. The van der Waals surface area contributed by atoms with Crippen LogP contribution in [0.4, 0.5) is 5.69 Å². The lowest BCUT2D eigenvalue weighted by Crippen LogP contribution is -2.36. The number of methoxy groups -OCH3 is 2. The van der Waals surface area contributed by atoms with Gasteiger partial charge in [0.15, 0.2) is 11.5 Å². The van der Waals surface area contributed by atoms with Crippen LogP contribution in [0.5, 0.6) is 17.2 Å². The van der Waals surface area contributed by atoms with Crippen molar-refractivity contribution in [1.82, 2.24) is 4.90 Å². The van der Waals surface area contributed by atoms with Crippen LogP contribution in [0.1, 0.15) is 15.9 Å². The lowest BCUT2D eigenvalue weighted by atomic mass is 10.1. The van der Waals surface area contributed by atoms with Crippen molar-refractivity contribution >= 4 is 57.8 Å². The molecule has 0 bridgehead atoms. The number of hydrogen-bond donors (Lipinski definition) is 3. The van der Waals surface area contributed by atoms with Crippen LogP contribution >= 0.6 is 24.0 Å². The van der Waals surface area contributed by atoms with Gasteiger partial charge < -0.3 is 25.0 Å². The first kappa shape index (κ1) is 23.1. The van der Waals surface area contributed by atoms with Crippen LogP contribution in [-0.2, 0) is 9.59 Å². The first-order chi connectivity index (χ1) is 15.2. The van der Waals surface area contributed by atoms with Gasteiger partial charge in [-0.05, 0) is 42.0 Å². The summed E-state index contributed by atoms with van der Waals surface area (Å²) in [7, 11) is 3.03. The maximum Gasteiger partial charge on any atom is 0.339 e. The van der Waals surface area contributed by atoms with Crippen LogP contribution in [0, 0.1) is 0 Å². The summed E-state index contributed by atoms with van der Waals surface area (Å²) in [6.07, 6.45) is 1.64. The van der Waals surface area contributed by atoms with Crippen LogP contribution in [-0.4, -0.2) is 58.0 Å². The molecule has 3 N–H and O–H groups in total. The van der Waals surface area contributed by atoms with Crippen LogP contribution in [0.3, 0.4) is 0 Å². The molecule has 32 heavy (non-hydrogen) atoms. The van der Waals surface area contributed by atoms with Crippen LogP contribution in [0.2, 0.25) is 0 Å². The minimum absolute atomic E-state index is 0.163. The van der Waals surface area contributed by atoms with Crippen LogP contribution < -0.4 is 14.8 Å². The standard InChI is InChI=1S/C21H18N2O7S2/c1-29-15-6-3-11(7-16(15)30-2)8-17-19(26)23(21(31)32-17)10-18(25)22-12-4-5-14(24)13(9-12)20(27)28/h3-9,24H,10H2,1-2H3,(H,22,25)(H,27,28)/b17-8+. The highest BCUT2D eigenvalue weighted by atomic mass is 32.2. The Morgan fingerprint density at radius 1 is 1.16 bits per heavy atom. The van der Waals surface area contributed by atoms with E-state index < -0.39 is 23.5 Å². The molecule has 1 saturated heterocycles. The number of ether oxygens (including phenoxy) is 2. The number of aromatic carboxylic acids is 1. The second kappa shape index (κ2) is 9.71. The van der Waals surface area contributed by atoms with E-state index in [0.717, 1.165) is 28.8 Å². The molecule has 3 rings (SSSR count). The number of nitrogens with one attached hydrogen (secondary N) is 1. The number of carbonyl (C=O) groups is 3. The second-order valence-electron chi connectivity index (χ2n) is 6.47. The zero-order valence-electron chi connectivity index (χ0n) is 16.9. The molecule has 2 amide bonds. The summed E-state index contributed by atoms with van der Waals surface area (Å²) in [5.74, 6) is -1.71. The molecule has 0 radical (unpaired) electrons. The summed E-state index contributed by atoms with van der Waals surface area (Å²) in [6.45, 7) is -0.350. The number of carboxylic acid groups (broad SMARTS) is 1. The highest BCUT2D eigenvalue weighted by molar-refractivity contribution is 8.26. The average Bonchev–Trinajstić information content (AvgIpc) is 3.02. The quantitative estimate of drug-likeness (QED) is 0.315. The van der Waals surface area contributed by atoms with Crippen molar-refractivity contribution in [2.75, 3.05) is 26.1 Å². The van der Waals surface area contributed by atoms with Gasteiger partial charge in [-0.25, -0.2) is 4.79 Å². The largest absolute Gasteiger partial charge is 0.507 e. The van der Waals surface area contributed by atoms with Gasteiger partial charge in [0, 0.05) is 5.69 Å². The van der Waals surface area contributed by atoms with E-state index in [1.165, 1.54) is 20.3 Å². The molecular formula is C21H18N2O7S2. The van der Waals surface area contributed by atoms with Gasteiger partial charge in [0.1, 0.15) is 22.2 Å². The molecule has 11 heteroatoms. The fourth-order valence-corrected chi connectivity index (χ4v) is 4.11. The Hall–Kier alpha value is -3.57. The minimum atomic E-state index is -1.34. The Kier molecular flexibility index (Phi) is 7.01. The van der Waals surface area contributed by atoms with Crippen molar-refractivity contribution in [3.63, 3.8) is 0 Å². The summed E-state index contributed by atoms with van der Waals surface area (Å²) in [6, 6.07) is 8.80. The molecular weight excluding hydrogens is 456 g/mol. The number of nitrogens with zero attached hydrogens (tertiary/aromatic N) is 1. The number of thioether (sulfide) groups is 1. The van der Waals surface area contributed by atoms with Crippen molar-refractivity contribution < 1.29 is 34.1 Å². The maximum absolute atomic E-state index is 12.8. The minimum Gasteiger partial charge on any atom is -0.507 e. The number of carboxylic acids is 1. The molecule has 0 unspecified atom stereocenters. The van der Waals surface area contributed by atoms with E-state index in [0.29, 0.717) is 22.0 Å². The lowest BCUT2D eigenvalue weighted by molar-refractivity contribution is -0.126. The normalized spacial score (nSPS) is 14.6. The molecule has 0 saturated carbocycles. The summed E-state index contributed by atoms with van der Waals surface area (Å²) in [4.78, 5) is 37.8. The van der Waals surface area contributed by atoms with Gasteiger partial charge in [0.05, 0.1) is 19.1 Å². The highest BCUT2D eigenvalue weighted by Gasteiger charge is 2.33. The molecule has 9 nitrogen and oxygen atoms in total. The Bertz CT molecular complexity index is 1150. The number of phenols is 1. The van der Waals surface area contributed by atoms with Gasteiger partial charge in [-0.3, -0.25) is 14.5 Å². The average molecular weight is 475 g/mol. The van der Waals surface area contributed by atoms with E-state index in [1.807, 2.05) is 0 Å². The molecule has 1 fully saturated rings. The SMILES string of the molecule is COc1ccc(/C=C2/SC(=S)N(CC(=O)Nc3ccc(O)c(C(=O)O)c3)C2=O)cc1OC. The van der Waals surface area contributed by atoms with Gasteiger partial charge in [0.25, 0.3) is 5.91 Å². The number of hydrogen-bond acceptors (Lipinski definition) is 8. The van der Waals surface area contributed by atoms with Crippen molar-refractivity contribution in [1.29, 1.82) is 0 Å². The molecule has 2 aromatic carbocycles. The molecule has 1 aliphatic heterocycles. The molecule has 1 aliphatic rings. The summed E-state index contributed by atoms with van der Waals surface area (Å²) >= 11 is 6.31. The molecule has 0 aliphatic carbocycles. The Morgan fingerprint density at radius 2 is 1.88 bits per heavy atom. The zero-order valence-corrected chi connectivity index (χ0v) is 18.6. The third kappa shape index (κ3) is 5.01. The fourth-order valence-electron chi connectivity index (χ4n) is 2.86. The van der Waals surface area contributed by atoms with Gasteiger partial charge in [-0.1, -0.05) is 30.0 Å². The van der Waals surface area contributed by atoms with E-state index in [-0.39, 0.29) is 22.1 Å². The van der Waals surface area contributed by atoms with Gasteiger partial charge in [-0.2, -0.15) is 0 Å². The molecule has 0 atom stereocenters. The van der Waals surface area contributed by atoms with E-state index in [4.69, 9.17) is 26.8 Å². The Labute approximate surface area is 192 Å². The predicted octanol–water partition coefficient (Wildman–Crippen LogP) is 2.95. The molecule has 166 valence electrons. The number of anilines is 1. The summed E-state index contributed by atoms with van der Waals surface area (Å²) in [5, 5.41) is 21.1. The monoisotopic (exact) mass is 474 g/mol. The number of thiocarbonyl (C=S) groups is 1. The van der Waals surface area contributed by atoms with E-state index in [2.05, 4.69) is 5.32 Å². The highest BCUT2D eigenvalue weighted by Crippen LogP contribution is 2.34. The smallest absolute Gasteiger partial charge is 0.339 e. The number of aromatic hydroxyl groups is 1. The molecule has 2 aromatic rings. The van der Waals surface area contributed by atoms with Gasteiger partial charge in [-0.15, -0.1) is 0 Å². The number of benzene rings is 2. The Morgan fingerprint density at radius 3 is 2.53 bits per heavy atom. The van der Waals surface area contributed by atoms with E-state index in [1.54, 1.807) is 24.3 Å². The van der Waals surface area contributed by atoms with Crippen molar-refractivity contribution in [3.8, 4) is 17.2 Å². The van der Waals surface area contributed by atoms with E-state index >= 15 is 0 Å². The third-order valence-corrected chi connectivity index (χ3v) is 5.77. The Balaban J connectivity index is 1.72. The number of carbonyl (C=O) groups excluding carboxylic acids is 2. The van der Waals surface area contributed by atoms with Crippen molar-refractivity contribution in [2.24, 2.45) is 0 Å². The number of amides is 2. The van der Waals surface area contributed by atoms with Crippen molar-refractivity contribution in [2.45, 2.75) is 0 Å². The second-order valence-corrected chi connectivity index (χ2v) is 8.14. The maximum atomic E-state index is 12.8. The molecule has 0 aromatic heterocycles. The lowest BCUT2D eigenvalue weighted by Gasteiger charge is -2.14. The third-order valence-electron chi connectivity index (χ3n) is 4.39. The van der Waals surface area contributed by atoms with Gasteiger partial charge >= 0.3 is 5.97 Å². The number of rotatable bonds is 7. The fraction of sp³-hybridized carbons (Fsp3) is 0.143. The molecule has 0 spiro atoms. The molecule has 1 heterocycles. The van der Waals surface area contributed by atoms with Gasteiger partial charge in [0.2, 0.25) is 5.91 Å². The predicted molar refractivity (Wildman–Crippen MR) is 123 cm³/mol. The van der Waals surface area contributed by atoms with Crippen LogP contribution in [0.25, 0.3) is 6.08 Å². The van der Waals surface area contributed by atoms with E-state index in [9.17, 15) is 19.5 Å². The van der Waals surface area contributed by atoms with Crippen LogP contribution in [0.15, 0.2) is 41.3 Å². The zero-order chi connectivity index (χ0) is 23.4. The first-order valence-corrected chi connectivity index (χ1v) is 10.3.